The fraction of sp³-hybridized carbons (Fsp3) is 0.538. The summed E-state index contributed by atoms with van der Waals surface area (Å²) in [6, 6.07) is 4.25. The Morgan fingerprint density at radius 2 is 1.82 bits per heavy atom. The summed E-state index contributed by atoms with van der Waals surface area (Å²) in [4.78, 5) is 0. The summed E-state index contributed by atoms with van der Waals surface area (Å²) in [5.41, 5.74) is 2.37. The van der Waals surface area contributed by atoms with Gasteiger partial charge in [-0.2, -0.15) is 0 Å². The second-order valence-electron chi connectivity index (χ2n) is 3.88. The minimum atomic E-state index is 0.243. The van der Waals surface area contributed by atoms with E-state index >= 15 is 0 Å². The molecule has 1 aromatic carbocycles. The number of halogens is 1. The van der Waals surface area contributed by atoms with E-state index in [2.05, 4.69) is 12.2 Å². The Balaban J connectivity index is 3.14. The van der Waals surface area contributed by atoms with Gasteiger partial charge in [-0.3, -0.25) is 0 Å². The van der Waals surface area contributed by atoms with E-state index in [9.17, 15) is 0 Å². The minimum Gasteiger partial charge on any atom is -0.493 e. The van der Waals surface area contributed by atoms with Crippen molar-refractivity contribution < 1.29 is 9.47 Å². The molecule has 0 fully saturated rings. The summed E-state index contributed by atoms with van der Waals surface area (Å²) in [6.45, 7) is 2.07. The van der Waals surface area contributed by atoms with Crippen molar-refractivity contribution in [3.63, 3.8) is 0 Å². The molecule has 1 unspecified atom stereocenters. The first-order chi connectivity index (χ1) is 8.17. The zero-order valence-corrected chi connectivity index (χ0v) is 11.6. The molecule has 0 aromatic heterocycles. The lowest BCUT2D eigenvalue weighted by Crippen LogP contribution is -2.18. The van der Waals surface area contributed by atoms with E-state index in [1.807, 2.05) is 19.2 Å². The van der Waals surface area contributed by atoms with E-state index in [4.69, 9.17) is 21.1 Å². The van der Waals surface area contributed by atoms with Crippen LogP contribution in [-0.2, 0) is 0 Å². The fourth-order valence-electron chi connectivity index (χ4n) is 1.94. The van der Waals surface area contributed by atoms with Gasteiger partial charge in [-0.05, 0) is 43.7 Å². The number of aryl methyl sites for hydroxylation is 1. The van der Waals surface area contributed by atoms with Crippen LogP contribution in [0.15, 0.2) is 12.1 Å². The molecule has 1 atom stereocenters. The van der Waals surface area contributed by atoms with Gasteiger partial charge < -0.3 is 14.8 Å². The monoisotopic (exact) mass is 257 g/mol. The lowest BCUT2D eigenvalue weighted by atomic mass is 9.98. The highest BCUT2D eigenvalue weighted by Crippen LogP contribution is 2.33. The Labute approximate surface area is 108 Å². The number of hydrogen-bond acceptors (Lipinski definition) is 3. The lowest BCUT2D eigenvalue weighted by Gasteiger charge is -2.20. The number of hydrogen-bond donors (Lipinski definition) is 1. The molecule has 0 amide bonds. The molecule has 0 aliphatic heterocycles. The maximum atomic E-state index is 5.81. The quantitative estimate of drug-likeness (QED) is 0.795. The smallest absolute Gasteiger partial charge is 0.161 e. The Kier molecular flexibility index (Phi) is 5.59. The summed E-state index contributed by atoms with van der Waals surface area (Å²) in [5.74, 6) is 2.14. The molecule has 3 nitrogen and oxygen atoms in total. The minimum absolute atomic E-state index is 0.243. The van der Waals surface area contributed by atoms with Gasteiger partial charge in [0.2, 0.25) is 0 Å². The van der Waals surface area contributed by atoms with Gasteiger partial charge in [-0.15, -0.1) is 11.6 Å². The predicted octanol–water partition coefficient (Wildman–Crippen LogP) is 2.90. The first kappa shape index (κ1) is 14.1. The van der Waals surface area contributed by atoms with Crippen molar-refractivity contribution in [2.75, 3.05) is 27.1 Å². The van der Waals surface area contributed by atoms with Crippen molar-refractivity contribution in [3.05, 3.63) is 23.3 Å². The van der Waals surface area contributed by atoms with Crippen LogP contribution in [0.3, 0.4) is 0 Å². The number of ether oxygens (including phenoxy) is 2. The van der Waals surface area contributed by atoms with E-state index in [-0.39, 0.29) is 6.04 Å². The van der Waals surface area contributed by atoms with E-state index < -0.39 is 0 Å². The van der Waals surface area contributed by atoms with Crippen LogP contribution in [0.1, 0.15) is 23.6 Å². The van der Waals surface area contributed by atoms with Gasteiger partial charge >= 0.3 is 0 Å². The maximum Gasteiger partial charge on any atom is 0.161 e. The van der Waals surface area contributed by atoms with Crippen molar-refractivity contribution in [1.82, 2.24) is 5.32 Å². The standard InChI is InChI=1S/C13H20ClNO2/c1-9-7-12(16-3)13(17-4)8-10(9)11(15-2)5-6-14/h7-8,11,15H,5-6H2,1-4H3. The van der Waals surface area contributed by atoms with E-state index in [1.54, 1.807) is 14.2 Å². The highest BCUT2D eigenvalue weighted by molar-refractivity contribution is 6.17. The van der Waals surface area contributed by atoms with Crippen LogP contribution in [0.5, 0.6) is 11.5 Å². The molecule has 1 rings (SSSR count). The first-order valence-corrected chi connectivity index (χ1v) is 6.17. The highest BCUT2D eigenvalue weighted by atomic mass is 35.5. The molecule has 0 saturated carbocycles. The van der Waals surface area contributed by atoms with Gasteiger partial charge in [0.1, 0.15) is 0 Å². The van der Waals surface area contributed by atoms with E-state index in [0.29, 0.717) is 5.88 Å². The molecule has 0 saturated heterocycles. The molecule has 1 N–H and O–H groups in total. The van der Waals surface area contributed by atoms with Crippen molar-refractivity contribution in [3.8, 4) is 11.5 Å². The van der Waals surface area contributed by atoms with Crippen molar-refractivity contribution in [2.45, 2.75) is 19.4 Å². The number of rotatable bonds is 6. The molecule has 0 spiro atoms. The third-order valence-electron chi connectivity index (χ3n) is 2.89. The van der Waals surface area contributed by atoms with Gasteiger partial charge in [0.05, 0.1) is 14.2 Å². The molecule has 0 bridgehead atoms. The summed E-state index contributed by atoms with van der Waals surface area (Å²) in [5, 5.41) is 3.27. The predicted molar refractivity (Wildman–Crippen MR) is 71.4 cm³/mol. The highest BCUT2D eigenvalue weighted by Gasteiger charge is 2.15. The average molecular weight is 258 g/mol. The lowest BCUT2D eigenvalue weighted by molar-refractivity contribution is 0.353. The fourth-order valence-corrected chi connectivity index (χ4v) is 2.15. The number of methoxy groups -OCH3 is 2. The van der Waals surface area contributed by atoms with Gasteiger partial charge in [-0.1, -0.05) is 0 Å². The molecule has 0 aliphatic carbocycles. The third-order valence-corrected chi connectivity index (χ3v) is 3.11. The molecular weight excluding hydrogens is 238 g/mol. The molecule has 0 radical (unpaired) electrons. The van der Waals surface area contributed by atoms with Gasteiger partial charge in [0, 0.05) is 11.9 Å². The third kappa shape index (κ3) is 3.27. The van der Waals surface area contributed by atoms with Crippen LogP contribution in [0.4, 0.5) is 0 Å². The molecule has 4 heteroatoms. The molecule has 1 aromatic rings. The normalized spacial score (nSPS) is 12.3. The van der Waals surface area contributed by atoms with Crippen molar-refractivity contribution in [1.29, 1.82) is 0 Å². The Morgan fingerprint density at radius 3 is 2.29 bits per heavy atom. The van der Waals surface area contributed by atoms with Gasteiger partial charge in [0.15, 0.2) is 11.5 Å². The summed E-state index contributed by atoms with van der Waals surface area (Å²) >= 11 is 5.81. The largest absolute Gasteiger partial charge is 0.493 e. The van der Waals surface area contributed by atoms with Gasteiger partial charge in [0.25, 0.3) is 0 Å². The Morgan fingerprint density at radius 1 is 1.24 bits per heavy atom. The molecule has 96 valence electrons. The molecular formula is C13H20ClNO2. The van der Waals surface area contributed by atoms with Crippen LogP contribution < -0.4 is 14.8 Å². The zero-order chi connectivity index (χ0) is 12.8. The summed E-state index contributed by atoms with van der Waals surface area (Å²) in [7, 11) is 5.23. The number of benzene rings is 1. The average Bonchev–Trinajstić information content (AvgIpc) is 2.36. The van der Waals surface area contributed by atoms with E-state index in [1.165, 1.54) is 11.1 Å². The van der Waals surface area contributed by atoms with Crippen molar-refractivity contribution >= 4 is 11.6 Å². The first-order valence-electron chi connectivity index (χ1n) is 5.63. The summed E-state index contributed by atoms with van der Waals surface area (Å²) in [6.07, 6.45) is 0.883. The van der Waals surface area contributed by atoms with Crippen LogP contribution in [-0.4, -0.2) is 27.1 Å². The SMILES string of the molecule is CNC(CCCl)c1cc(OC)c(OC)cc1C. The van der Waals surface area contributed by atoms with Crippen LogP contribution in [0.25, 0.3) is 0 Å². The Bertz CT molecular complexity index is 369. The van der Waals surface area contributed by atoms with Crippen LogP contribution in [0, 0.1) is 6.92 Å². The van der Waals surface area contributed by atoms with Crippen LogP contribution in [0.2, 0.25) is 0 Å². The Hall–Kier alpha value is -0.930. The van der Waals surface area contributed by atoms with Gasteiger partial charge in [-0.25, -0.2) is 0 Å². The second kappa shape index (κ2) is 6.72. The molecule has 0 aliphatic rings. The number of nitrogens with one attached hydrogen (secondary N) is 1. The maximum absolute atomic E-state index is 5.81. The molecule has 0 heterocycles. The van der Waals surface area contributed by atoms with Crippen LogP contribution >= 0.6 is 11.6 Å². The summed E-state index contributed by atoms with van der Waals surface area (Å²) < 4.78 is 10.6. The van der Waals surface area contributed by atoms with Crippen molar-refractivity contribution in [2.24, 2.45) is 0 Å². The molecule has 17 heavy (non-hydrogen) atoms. The second-order valence-corrected chi connectivity index (χ2v) is 4.26. The zero-order valence-electron chi connectivity index (χ0n) is 10.8. The van der Waals surface area contributed by atoms with E-state index in [0.717, 1.165) is 17.9 Å². The number of alkyl halides is 1. The topological polar surface area (TPSA) is 30.5 Å².